The number of aryl methyl sites for hydroxylation is 1. The van der Waals surface area contributed by atoms with Gasteiger partial charge in [-0.15, -0.1) is 0 Å². The van der Waals surface area contributed by atoms with E-state index < -0.39 is 0 Å². The van der Waals surface area contributed by atoms with Crippen LogP contribution >= 0.6 is 0 Å². The molecule has 2 rings (SSSR count). The molecule has 90 valence electrons. The van der Waals surface area contributed by atoms with Crippen LogP contribution in [0.5, 0.6) is 17.5 Å². The average molecular weight is 234 g/mol. The second-order valence-corrected chi connectivity index (χ2v) is 3.57. The lowest BCUT2D eigenvalue weighted by atomic mass is 10.2. The Bertz CT molecular complexity index is 508. The third-order valence-corrected chi connectivity index (χ3v) is 2.39. The number of rotatable bonds is 4. The predicted molar refractivity (Wildman–Crippen MR) is 62.2 cm³/mol. The van der Waals surface area contributed by atoms with Gasteiger partial charge < -0.3 is 19.1 Å². The minimum absolute atomic E-state index is 0.0287. The van der Waals surface area contributed by atoms with Crippen molar-refractivity contribution in [2.45, 2.75) is 6.61 Å². The molecule has 0 bridgehead atoms. The summed E-state index contributed by atoms with van der Waals surface area (Å²) in [5.41, 5.74) is 0.772. The largest absolute Gasteiger partial charge is 0.493 e. The summed E-state index contributed by atoms with van der Waals surface area (Å²) in [7, 11) is 3.40. The molecule has 0 atom stereocenters. The fourth-order valence-electron chi connectivity index (χ4n) is 1.44. The lowest BCUT2D eigenvalue weighted by molar-refractivity contribution is 0.280. The van der Waals surface area contributed by atoms with Crippen molar-refractivity contribution >= 4 is 0 Å². The highest BCUT2D eigenvalue weighted by Crippen LogP contribution is 2.31. The number of hydrogen-bond donors (Lipinski definition) is 1. The lowest BCUT2D eigenvalue weighted by Gasteiger charge is -2.10. The fraction of sp³-hybridized carbons (Fsp3) is 0.250. The number of hydrogen-bond acceptors (Lipinski definition) is 4. The SMILES string of the molecule is COc1cc(CO)ccc1Oc1nccn1C. The molecule has 1 aromatic carbocycles. The number of methoxy groups -OCH3 is 1. The van der Waals surface area contributed by atoms with Crippen LogP contribution in [0.4, 0.5) is 0 Å². The van der Waals surface area contributed by atoms with Crippen molar-refractivity contribution in [1.29, 1.82) is 0 Å². The van der Waals surface area contributed by atoms with Gasteiger partial charge in [-0.3, -0.25) is 0 Å². The number of aliphatic hydroxyl groups excluding tert-OH is 1. The molecule has 2 aromatic rings. The number of benzene rings is 1. The van der Waals surface area contributed by atoms with Crippen LogP contribution in [-0.2, 0) is 13.7 Å². The average Bonchev–Trinajstić information content (AvgIpc) is 2.75. The molecule has 1 aromatic heterocycles. The number of nitrogens with zero attached hydrogens (tertiary/aromatic N) is 2. The molecular formula is C12H14N2O3. The van der Waals surface area contributed by atoms with Crippen molar-refractivity contribution in [2.75, 3.05) is 7.11 Å². The standard InChI is InChI=1S/C12H14N2O3/c1-14-6-5-13-12(14)17-10-4-3-9(8-15)7-11(10)16-2/h3-7,15H,8H2,1-2H3. The third-order valence-electron chi connectivity index (χ3n) is 2.39. The van der Waals surface area contributed by atoms with Crippen LogP contribution in [0.15, 0.2) is 30.6 Å². The van der Waals surface area contributed by atoms with Gasteiger partial charge in [0.2, 0.25) is 0 Å². The summed E-state index contributed by atoms with van der Waals surface area (Å²) in [6, 6.07) is 5.75. The van der Waals surface area contributed by atoms with Gasteiger partial charge in [-0.25, -0.2) is 4.98 Å². The fourth-order valence-corrected chi connectivity index (χ4v) is 1.44. The smallest absolute Gasteiger partial charge is 0.301 e. The molecule has 5 heteroatoms. The molecule has 0 saturated heterocycles. The highest BCUT2D eigenvalue weighted by molar-refractivity contribution is 5.44. The van der Waals surface area contributed by atoms with Crippen LogP contribution in [0.25, 0.3) is 0 Å². The summed E-state index contributed by atoms with van der Waals surface area (Å²) >= 11 is 0. The van der Waals surface area contributed by atoms with E-state index >= 15 is 0 Å². The highest BCUT2D eigenvalue weighted by Gasteiger charge is 2.09. The van der Waals surface area contributed by atoms with Crippen LogP contribution < -0.4 is 9.47 Å². The van der Waals surface area contributed by atoms with Crippen LogP contribution in [0.3, 0.4) is 0 Å². The van der Waals surface area contributed by atoms with Gasteiger partial charge in [0.15, 0.2) is 11.5 Å². The molecule has 0 unspecified atom stereocenters. The molecule has 0 spiro atoms. The number of aliphatic hydroxyl groups is 1. The van der Waals surface area contributed by atoms with Crippen LogP contribution in [0, 0.1) is 0 Å². The quantitative estimate of drug-likeness (QED) is 0.875. The summed E-state index contributed by atoms with van der Waals surface area (Å²) < 4.78 is 12.6. The molecule has 0 aliphatic heterocycles. The lowest BCUT2D eigenvalue weighted by Crippen LogP contribution is -1.96. The second kappa shape index (κ2) is 4.88. The molecule has 17 heavy (non-hydrogen) atoms. The van der Waals surface area contributed by atoms with Crippen molar-refractivity contribution in [2.24, 2.45) is 7.05 Å². The van der Waals surface area contributed by atoms with Gasteiger partial charge in [-0.05, 0) is 17.7 Å². The van der Waals surface area contributed by atoms with E-state index in [1.54, 1.807) is 42.3 Å². The zero-order chi connectivity index (χ0) is 12.3. The van der Waals surface area contributed by atoms with Crippen molar-refractivity contribution in [1.82, 2.24) is 9.55 Å². The van der Waals surface area contributed by atoms with Gasteiger partial charge in [0.05, 0.1) is 13.7 Å². The number of imidazole rings is 1. The Morgan fingerprint density at radius 2 is 2.18 bits per heavy atom. The van der Waals surface area contributed by atoms with E-state index in [4.69, 9.17) is 14.6 Å². The molecule has 1 N–H and O–H groups in total. The first-order valence-corrected chi connectivity index (χ1v) is 5.17. The maximum atomic E-state index is 9.04. The molecule has 5 nitrogen and oxygen atoms in total. The molecule has 0 fully saturated rings. The third kappa shape index (κ3) is 2.39. The Hall–Kier alpha value is -2.01. The zero-order valence-electron chi connectivity index (χ0n) is 9.75. The molecular weight excluding hydrogens is 220 g/mol. The van der Waals surface area contributed by atoms with Crippen LogP contribution in [0.1, 0.15) is 5.56 Å². The monoisotopic (exact) mass is 234 g/mol. The summed E-state index contributed by atoms with van der Waals surface area (Å²) in [5.74, 6) is 1.14. The van der Waals surface area contributed by atoms with Gasteiger partial charge in [-0.1, -0.05) is 6.07 Å². The molecule has 1 heterocycles. The summed E-state index contributed by atoms with van der Waals surface area (Å²) in [5, 5.41) is 9.04. The van der Waals surface area contributed by atoms with Gasteiger partial charge in [0, 0.05) is 19.4 Å². The van der Waals surface area contributed by atoms with E-state index in [9.17, 15) is 0 Å². The van der Waals surface area contributed by atoms with Gasteiger partial charge in [0.25, 0.3) is 0 Å². The Labute approximate surface area is 99.2 Å². The van der Waals surface area contributed by atoms with Gasteiger partial charge in [0.1, 0.15) is 0 Å². The first-order chi connectivity index (χ1) is 8.24. The molecule has 0 saturated carbocycles. The van der Waals surface area contributed by atoms with Crippen molar-refractivity contribution in [3.63, 3.8) is 0 Å². The molecule has 0 amide bonds. The van der Waals surface area contributed by atoms with E-state index in [0.717, 1.165) is 5.56 Å². The van der Waals surface area contributed by atoms with E-state index in [1.807, 2.05) is 7.05 Å². The normalized spacial score (nSPS) is 10.3. The summed E-state index contributed by atoms with van der Waals surface area (Å²) in [6.07, 6.45) is 3.45. The first kappa shape index (κ1) is 11.5. The Morgan fingerprint density at radius 3 is 2.76 bits per heavy atom. The van der Waals surface area contributed by atoms with E-state index in [0.29, 0.717) is 17.5 Å². The highest BCUT2D eigenvalue weighted by atomic mass is 16.5. The van der Waals surface area contributed by atoms with Gasteiger partial charge in [-0.2, -0.15) is 0 Å². The van der Waals surface area contributed by atoms with E-state index in [1.165, 1.54) is 0 Å². The Kier molecular flexibility index (Phi) is 3.30. The number of aromatic nitrogens is 2. The minimum atomic E-state index is -0.0287. The predicted octanol–water partition coefficient (Wildman–Crippen LogP) is 1.71. The minimum Gasteiger partial charge on any atom is -0.493 e. The second-order valence-electron chi connectivity index (χ2n) is 3.57. The maximum Gasteiger partial charge on any atom is 0.301 e. The van der Waals surface area contributed by atoms with Gasteiger partial charge >= 0.3 is 6.01 Å². The van der Waals surface area contributed by atoms with Crippen LogP contribution in [-0.4, -0.2) is 21.8 Å². The van der Waals surface area contributed by atoms with Crippen molar-refractivity contribution in [3.05, 3.63) is 36.2 Å². The molecule has 0 radical (unpaired) electrons. The first-order valence-electron chi connectivity index (χ1n) is 5.17. The Balaban J connectivity index is 2.29. The molecule has 0 aliphatic rings. The maximum absolute atomic E-state index is 9.04. The summed E-state index contributed by atoms with van der Waals surface area (Å²) in [6.45, 7) is -0.0287. The van der Waals surface area contributed by atoms with Crippen molar-refractivity contribution in [3.8, 4) is 17.5 Å². The summed E-state index contributed by atoms with van der Waals surface area (Å²) in [4.78, 5) is 4.06. The topological polar surface area (TPSA) is 56.5 Å². The zero-order valence-corrected chi connectivity index (χ0v) is 9.75. The van der Waals surface area contributed by atoms with Crippen molar-refractivity contribution < 1.29 is 14.6 Å². The Morgan fingerprint density at radius 1 is 1.35 bits per heavy atom. The molecule has 0 aliphatic carbocycles. The number of ether oxygens (including phenoxy) is 2. The van der Waals surface area contributed by atoms with E-state index in [-0.39, 0.29) is 6.61 Å². The van der Waals surface area contributed by atoms with Crippen LogP contribution in [0.2, 0.25) is 0 Å². The van der Waals surface area contributed by atoms with E-state index in [2.05, 4.69) is 4.98 Å².